The van der Waals surface area contributed by atoms with Crippen molar-refractivity contribution in [3.05, 3.63) is 48.4 Å². The highest BCUT2D eigenvalue weighted by Gasteiger charge is 2.31. The Kier molecular flexibility index (Phi) is 7.21. The smallest absolute Gasteiger partial charge is 0.256 e. The summed E-state index contributed by atoms with van der Waals surface area (Å²) in [6.45, 7) is 4.55. The highest BCUT2D eigenvalue weighted by atomic mass is 16.2. The number of carbonyl (C=O) groups excluding carboxylic acids is 2. The molecular weight excluding hydrogens is 392 g/mol. The normalized spacial score (nSPS) is 16.7. The number of hydrogen-bond donors (Lipinski definition) is 0. The summed E-state index contributed by atoms with van der Waals surface area (Å²) in [6.07, 6.45) is 13.9. The van der Waals surface area contributed by atoms with Gasteiger partial charge in [-0.1, -0.05) is 12.0 Å². The highest BCUT2D eigenvalue weighted by molar-refractivity contribution is 6.00. The molecule has 2 amide bonds. The van der Waals surface area contributed by atoms with Crippen molar-refractivity contribution in [2.75, 3.05) is 39.8 Å². The molecule has 1 aliphatic rings. The second kappa shape index (κ2) is 10.0. The molecular formula is C23H28N6O2. The van der Waals surface area contributed by atoms with Crippen LogP contribution in [0, 0.1) is 12.3 Å². The summed E-state index contributed by atoms with van der Waals surface area (Å²) < 4.78 is 1.68. The maximum Gasteiger partial charge on any atom is 0.256 e. The first-order valence-electron chi connectivity index (χ1n) is 10.2. The Morgan fingerprint density at radius 3 is 2.87 bits per heavy atom. The van der Waals surface area contributed by atoms with E-state index < -0.39 is 0 Å². The molecule has 0 radical (unpaired) electrons. The number of aryl methyl sites for hydroxylation is 1. The third kappa shape index (κ3) is 5.38. The molecule has 1 saturated heterocycles. The SMILES string of the molecule is C#CCN(C)C/C=C/C(=O)N1CCN(C(=O)c2cccnc2-c2cnn(C)c2)[C@@H](C)C1. The van der Waals surface area contributed by atoms with Gasteiger partial charge in [0.1, 0.15) is 0 Å². The molecule has 31 heavy (non-hydrogen) atoms. The van der Waals surface area contributed by atoms with Gasteiger partial charge < -0.3 is 9.80 Å². The largest absolute Gasteiger partial charge is 0.335 e. The second-order valence-electron chi connectivity index (χ2n) is 7.74. The van der Waals surface area contributed by atoms with E-state index in [2.05, 4.69) is 16.0 Å². The van der Waals surface area contributed by atoms with Crippen molar-refractivity contribution in [1.29, 1.82) is 0 Å². The first kappa shape index (κ1) is 22.2. The molecule has 1 fully saturated rings. The lowest BCUT2D eigenvalue weighted by Crippen LogP contribution is -2.55. The van der Waals surface area contributed by atoms with Gasteiger partial charge in [-0.3, -0.25) is 24.2 Å². The van der Waals surface area contributed by atoms with E-state index in [9.17, 15) is 9.59 Å². The molecule has 0 N–H and O–H groups in total. The Morgan fingerprint density at radius 2 is 2.19 bits per heavy atom. The van der Waals surface area contributed by atoms with Gasteiger partial charge in [-0.05, 0) is 26.1 Å². The Balaban J connectivity index is 1.66. The molecule has 0 spiro atoms. The number of hydrogen-bond acceptors (Lipinski definition) is 5. The van der Waals surface area contributed by atoms with E-state index in [-0.39, 0.29) is 17.9 Å². The molecule has 0 saturated carbocycles. The van der Waals surface area contributed by atoms with Crippen molar-refractivity contribution in [3.63, 3.8) is 0 Å². The minimum atomic E-state index is -0.107. The number of aromatic nitrogens is 3. The Bertz CT molecular complexity index is 1010. The number of piperazine rings is 1. The standard InChI is InChI=1S/C23H28N6O2/c1-5-11-26(3)12-7-9-21(30)28-13-14-29(18(2)16-28)23(31)20-8-6-10-24-22(20)19-15-25-27(4)17-19/h1,6-10,15,17-18H,11-14,16H2,2-4H3/b9-7+/t18-/m0/s1. The lowest BCUT2D eigenvalue weighted by atomic mass is 10.1. The van der Waals surface area contributed by atoms with Gasteiger partial charge in [-0.15, -0.1) is 6.42 Å². The first-order chi connectivity index (χ1) is 14.9. The zero-order valence-electron chi connectivity index (χ0n) is 18.2. The van der Waals surface area contributed by atoms with Crippen molar-refractivity contribution < 1.29 is 9.59 Å². The second-order valence-corrected chi connectivity index (χ2v) is 7.74. The molecule has 162 valence electrons. The van der Waals surface area contributed by atoms with E-state index in [1.54, 1.807) is 40.2 Å². The Morgan fingerprint density at radius 1 is 1.39 bits per heavy atom. The van der Waals surface area contributed by atoms with Crippen LogP contribution < -0.4 is 0 Å². The van der Waals surface area contributed by atoms with Gasteiger partial charge in [-0.2, -0.15) is 5.10 Å². The molecule has 3 rings (SSSR count). The van der Waals surface area contributed by atoms with Gasteiger partial charge in [0.05, 0.1) is 24.0 Å². The number of amides is 2. The summed E-state index contributed by atoms with van der Waals surface area (Å²) in [5.74, 6) is 2.43. The number of likely N-dealkylation sites (N-methyl/N-ethyl adjacent to an activating group) is 1. The third-order valence-electron chi connectivity index (χ3n) is 5.26. The summed E-state index contributed by atoms with van der Waals surface area (Å²) in [5.41, 5.74) is 1.96. The van der Waals surface area contributed by atoms with Crippen LogP contribution in [-0.4, -0.2) is 87.1 Å². The molecule has 2 aromatic heterocycles. The van der Waals surface area contributed by atoms with Crippen LogP contribution in [0.3, 0.4) is 0 Å². The van der Waals surface area contributed by atoms with Crippen molar-refractivity contribution in [1.82, 2.24) is 29.5 Å². The minimum Gasteiger partial charge on any atom is -0.335 e. The van der Waals surface area contributed by atoms with Crippen molar-refractivity contribution in [2.45, 2.75) is 13.0 Å². The quantitative estimate of drug-likeness (QED) is 0.520. The summed E-state index contributed by atoms with van der Waals surface area (Å²) in [6, 6.07) is 3.45. The fraction of sp³-hybridized carbons (Fsp3) is 0.391. The molecule has 0 aliphatic carbocycles. The molecule has 0 unspecified atom stereocenters. The lowest BCUT2D eigenvalue weighted by Gasteiger charge is -2.39. The molecule has 2 aromatic rings. The van der Waals surface area contributed by atoms with Crippen molar-refractivity contribution in [2.24, 2.45) is 7.05 Å². The highest BCUT2D eigenvalue weighted by Crippen LogP contribution is 2.23. The fourth-order valence-electron chi connectivity index (χ4n) is 3.62. The van der Waals surface area contributed by atoms with Gasteiger partial charge in [-0.25, -0.2) is 0 Å². The van der Waals surface area contributed by atoms with Crippen LogP contribution in [0.15, 0.2) is 42.9 Å². The predicted octanol–water partition coefficient (Wildman–Crippen LogP) is 1.28. The first-order valence-corrected chi connectivity index (χ1v) is 10.2. The van der Waals surface area contributed by atoms with Gasteiger partial charge in [0.25, 0.3) is 5.91 Å². The molecule has 1 atom stereocenters. The summed E-state index contributed by atoms with van der Waals surface area (Å²) in [5, 5.41) is 4.18. The molecule has 8 nitrogen and oxygen atoms in total. The maximum absolute atomic E-state index is 13.3. The number of pyridine rings is 1. The number of carbonyl (C=O) groups is 2. The van der Waals surface area contributed by atoms with Crippen LogP contribution in [-0.2, 0) is 11.8 Å². The fourth-order valence-corrected chi connectivity index (χ4v) is 3.62. The summed E-state index contributed by atoms with van der Waals surface area (Å²) in [7, 11) is 3.73. The minimum absolute atomic E-state index is 0.0505. The van der Waals surface area contributed by atoms with Gasteiger partial charge in [0.2, 0.25) is 5.91 Å². The average molecular weight is 421 g/mol. The van der Waals surface area contributed by atoms with Gasteiger partial charge in [0.15, 0.2) is 0 Å². The van der Waals surface area contributed by atoms with Crippen LogP contribution in [0.5, 0.6) is 0 Å². The van der Waals surface area contributed by atoms with E-state index in [4.69, 9.17) is 6.42 Å². The number of rotatable bonds is 6. The summed E-state index contributed by atoms with van der Waals surface area (Å²) >= 11 is 0. The van der Waals surface area contributed by atoms with Crippen LogP contribution in [0.2, 0.25) is 0 Å². The van der Waals surface area contributed by atoms with Crippen LogP contribution >= 0.6 is 0 Å². The van der Waals surface area contributed by atoms with Crippen LogP contribution in [0.1, 0.15) is 17.3 Å². The summed E-state index contributed by atoms with van der Waals surface area (Å²) in [4.78, 5) is 35.8. The lowest BCUT2D eigenvalue weighted by molar-refractivity contribution is -0.128. The zero-order valence-corrected chi connectivity index (χ0v) is 18.2. The number of nitrogens with zero attached hydrogens (tertiary/aromatic N) is 6. The molecule has 1 aliphatic heterocycles. The van der Waals surface area contributed by atoms with E-state index in [0.717, 1.165) is 5.56 Å². The Hall–Kier alpha value is -3.44. The van der Waals surface area contributed by atoms with Gasteiger partial charge in [0, 0.05) is 63.3 Å². The monoisotopic (exact) mass is 420 g/mol. The van der Waals surface area contributed by atoms with E-state index in [1.807, 2.05) is 43.1 Å². The number of terminal acetylenes is 1. The molecule has 8 heteroatoms. The van der Waals surface area contributed by atoms with Crippen LogP contribution in [0.25, 0.3) is 11.3 Å². The topological polar surface area (TPSA) is 74.6 Å². The molecule has 3 heterocycles. The van der Waals surface area contributed by atoms with E-state index in [0.29, 0.717) is 44.0 Å². The zero-order chi connectivity index (χ0) is 22.4. The van der Waals surface area contributed by atoms with Gasteiger partial charge >= 0.3 is 0 Å². The van der Waals surface area contributed by atoms with Crippen LogP contribution in [0.4, 0.5) is 0 Å². The predicted molar refractivity (Wildman–Crippen MR) is 119 cm³/mol. The molecule has 0 aromatic carbocycles. The van der Waals surface area contributed by atoms with E-state index in [1.165, 1.54) is 0 Å². The third-order valence-corrected chi connectivity index (χ3v) is 5.26. The van der Waals surface area contributed by atoms with Crippen molar-refractivity contribution >= 4 is 11.8 Å². The van der Waals surface area contributed by atoms with E-state index >= 15 is 0 Å². The Labute approximate surface area is 183 Å². The average Bonchev–Trinajstić information content (AvgIpc) is 3.19. The maximum atomic E-state index is 13.3. The van der Waals surface area contributed by atoms with Crippen molar-refractivity contribution in [3.8, 4) is 23.6 Å². The molecule has 0 bridgehead atoms.